The smallest absolute Gasteiger partial charge is 0.259 e. The fourth-order valence-corrected chi connectivity index (χ4v) is 4.12. The molecule has 144 valence electrons. The SMILES string of the molecule is N#CC1(c2ccc(NC(=O)c3cccnc3N3CCOCC3)cc2)CCCC1. The average Bonchev–Trinajstić information content (AvgIpc) is 3.25. The predicted molar refractivity (Wildman–Crippen MR) is 107 cm³/mol. The minimum Gasteiger partial charge on any atom is -0.378 e. The molecular weight excluding hydrogens is 352 g/mol. The fraction of sp³-hybridized carbons (Fsp3) is 0.409. The van der Waals surface area contributed by atoms with Gasteiger partial charge in [-0.15, -0.1) is 0 Å². The molecule has 1 saturated heterocycles. The van der Waals surface area contributed by atoms with Gasteiger partial charge in [0.2, 0.25) is 0 Å². The number of morpholine rings is 1. The predicted octanol–water partition coefficient (Wildman–Crippen LogP) is 3.51. The number of amides is 1. The highest BCUT2D eigenvalue weighted by molar-refractivity contribution is 6.07. The maximum absolute atomic E-state index is 12.9. The van der Waals surface area contributed by atoms with Crippen LogP contribution in [0.25, 0.3) is 0 Å². The zero-order valence-corrected chi connectivity index (χ0v) is 15.9. The van der Waals surface area contributed by atoms with Gasteiger partial charge in [-0.05, 0) is 42.7 Å². The molecule has 2 aliphatic rings. The van der Waals surface area contributed by atoms with E-state index in [2.05, 4.69) is 21.3 Å². The van der Waals surface area contributed by atoms with Gasteiger partial charge in [0, 0.05) is 25.0 Å². The van der Waals surface area contributed by atoms with E-state index < -0.39 is 0 Å². The van der Waals surface area contributed by atoms with Crippen LogP contribution in [-0.2, 0) is 10.2 Å². The first kappa shape index (κ1) is 18.5. The summed E-state index contributed by atoms with van der Waals surface area (Å²) in [5, 5.41) is 12.6. The molecule has 1 aromatic heterocycles. The number of ether oxygens (including phenoxy) is 1. The lowest BCUT2D eigenvalue weighted by Gasteiger charge is -2.29. The number of aromatic nitrogens is 1. The normalized spacial score (nSPS) is 18.5. The zero-order chi connectivity index (χ0) is 19.4. The molecule has 1 amide bonds. The number of nitrogens with one attached hydrogen (secondary N) is 1. The molecule has 0 bridgehead atoms. The van der Waals surface area contributed by atoms with Gasteiger partial charge in [-0.2, -0.15) is 5.26 Å². The van der Waals surface area contributed by atoms with Crippen LogP contribution in [0.15, 0.2) is 42.6 Å². The summed E-state index contributed by atoms with van der Waals surface area (Å²) in [4.78, 5) is 19.4. The van der Waals surface area contributed by atoms with Gasteiger partial charge in [0.05, 0.1) is 30.3 Å². The van der Waals surface area contributed by atoms with Crippen molar-refractivity contribution in [2.45, 2.75) is 31.1 Å². The van der Waals surface area contributed by atoms with E-state index in [0.717, 1.165) is 50.0 Å². The van der Waals surface area contributed by atoms with E-state index in [1.807, 2.05) is 24.3 Å². The number of benzene rings is 1. The maximum Gasteiger partial charge on any atom is 0.259 e. The molecule has 0 spiro atoms. The van der Waals surface area contributed by atoms with Crippen molar-refractivity contribution in [2.24, 2.45) is 0 Å². The summed E-state index contributed by atoms with van der Waals surface area (Å²) in [5.74, 6) is 0.507. The van der Waals surface area contributed by atoms with Crippen LogP contribution in [-0.4, -0.2) is 37.2 Å². The molecule has 1 saturated carbocycles. The average molecular weight is 376 g/mol. The Morgan fingerprint density at radius 1 is 1.14 bits per heavy atom. The summed E-state index contributed by atoms with van der Waals surface area (Å²) >= 11 is 0. The Bertz CT molecular complexity index is 876. The van der Waals surface area contributed by atoms with E-state index in [-0.39, 0.29) is 11.3 Å². The molecule has 1 aliphatic carbocycles. The number of hydrogen-bond donors (Lipinski definition) is 1. The lowest BCUT2D eigenvalue weighted by molar-refractivity contribution is 0.102. The van der Waals surface area contributed by atoms with Gasteiger partial charge < -0.3 is 15.0 Å². The molecule has 2 fully saturated rings. The molecule has 2 aromatic rings. The number of nitriles is 1. The minimum absolute atomic E-state index is 0.182. The van der Waals surface area contributed by atoms with Crippen molar-refractivity contribution in [1.29, 1.82) is 5.26 Å². The van der Waals surface area contributed by atoms with Gasteiger partial charge in [0.15, 0.2) is 0 Å². The number of hydrogen-bond acceptors (Lipinski definition) is 5. The summed E-state index contributed by atoms with van der Waals surface area (Å²) in [5.41, 5.74) is 1.95. The van der Waals surface area contributed by atoms with Crippen LogP contribution in [0, 0.1) is 11.3 Å². The van der Waals surface area contributed by atoms with Crippen molar-refractivity contribution >= 4 is 17.4 Å². The molecule has 1 aliphatic heterocycles. The van der Waals surface area contributed by atoms with Crippen molar-refractivity contribution < 1.29 is 9.53 Å². The molecule has 2 heterocycles. The Morgan fingerprint density at radius 2 is 1.86 bits per heavy atom. The van der Waals surface area contributed by atoms with E-state index >= 15 is 0 Å². The molecule has 0 atom stereocenters. The van der Waals surface area contributed by atoms with Crippen molar-refractivity contribution in [3.63, 3.8) is 0 Å². The number of pyridine rings is 1. The van der Waals surface area contributed by atoms with Gasteiger partial charge in [-0.1, -0.05) is 25.0 Å². The zero-order valence-electron chi connectivity index (χ0n) is 15.9. The molecule has 6 heteroatoms. The van der Waals surface area contributed by atoms with Crippen LogP contribution in [0.3, 0.4) is 0 Å². The molecular formula is C22H24N4O2. The molecule has 6 nitrogen and oxygen atoms in total. The van der Waals surface area contributed by atoms with Gasteiger partial charge in [0.25, 0.3) is 5.91 Å². The summed E-state index contributed by atoms with van der Waals surface area (Å²) in [6.45, 7) is 2.73. The number of carbonyl (C=O) groups is 1. The Kier molecular flexibility index (Phi) is 5.27. The van der Waals surface area contributed by atoms with E-state index in [4.69, 9.17) is 4.74 Å². The van der Waals surface area contributed by atoms with Gasteiger partial charge in [0.1, 0.15) is 5.82 Å². The maximum atomic E-state index is 12.9. The van der Waals surface area contributed by atoms with Crippen LogP contribution >= 0.6 is 0 Å². The Labute approximate surface area is 165 Å². The van der Waals surface area contributed by atoms with Gasteiger partial charge in [-0.25, -0.2) is 4.98 Å². The van der Waals surface area contributed by atoms with Crippen molar-refractivity contribution in [2.75, 3.05) is 36.5 Å². The second kappa shape index (κ2) is 7.99. The second-order valence-corrected chi connectivity index (χ2v) is 7.41. The molecule has 28 heavy (non-hydrogen) atoms. The molecule has 0 radical (unpaired) electrons. The first-order chi connectivity index (χ1) is 13.7. The number of nitrogens with zero attached hydrogens (tertiary/aromatic N) is 3. The van der Waals surface area contributed by atoms with E-state index in [0.29, 0.717) is 24.6 Å². The van der Waals surface area contributed by atoms with Crippen molar-refractivity contribution in [1.82, 2.24) is 4.98 Å². The van der Waals surface area contributed by atoms with Crippen LogP contribution in [0.4, 0.5) is 11.5 Å². The highest BCUT2D eigenvalue weighted by Gasteiger charge is 2.35. The lowest BCUT2D eigenvalue weighted by atomic mass is 9.80. The van der Waals surface area contributed by atoms with E-state index in [1.54, 1.807) is 18.3 Å². The Hall–Kier alpha value is -2.91. The van der Waals surface area contributed by atoms with Gasteiger partial charge in [-0.3, -0.25) is 4.79 Å². The third-order valence-corrected chi connectivity index (χ3v) is 5.71. The Balaban J connectivity index is 1.51. The molecule has 0 unspecified atom stereocenters. The largest absolute Gasteiger partial charge is 0.378 e. The van der Waals surface area contributed by atoms with Gasteiger partial charge >= 0.3 is 0 Å². The summed E-state index contributed by atoms with van der Waals surface area (Å²) in [7, 11) is 0. The quantitative estimate of drug-likeness (QED) is 0.883. The second-order valence-electron chi connectivity index (χ2n) is 7.41. The highest BCUT2D eigenvalue weighted by atomic mass is 16.5. The number of anilines is 2. The minimum atomic E-state index is -0.366. The van der Waals surface area contributed by atoms with E-state index in [9.17, 15) is 10.1 Å². The standard InChI is InChI=1S/C22H24N4O2/c23-16-22(9-1-2-10-22)17-5-7-18(8-6-17)25-21(27)19-4-3-11-24-20(19)26-12-14-28-15-13-26/h3-8,11H,1-2,9-10,12-15H2,(H,25,27). The van der Waals surface area contributed by atoms with Crippen molar-refractivity contribution in [3.8, 4) is 6.07 Å². The van der Waals surface area contributed by atoms with Crippen molar-refractivity contribution in [3.05, 3.63) is 53.7 Å². The topological polar surface area (TPSA) is 78.2 Å². The summed E-state index contributed by atoms with van der Waals surface area (Å²) < 4.78 is 5.40. The van der Waals surface area contributed by atoms with Crippen LogP contribution < -0.4 is 10.2 Å². The molecule has 4 rings (SSSR count). The summed E-state index contributed by atoms with van der Waals surface area (Å²) in [6.07, 6.45) is 5.72. The first-order valence-electron chi connectivity index (χ1n) is 9.83. The lowest BCUT2D eigenvalue weighted by Crippen LogP contribution is -2.38. The van der Waals surface area contributed by atoms with Crippen LogP contribution in [0.1, 0.15) is 41.6 Å². The first-order valence-corrected chi connectivity index (χ1v) is 9.83. The van der Waals surface area contributed by atoms with E-state index in [1.165, 1.54) is 0 Å². The monoisotopic (exact) mass is 376 g/mol. The third kappa shape index (κ3) is 3.58. The summed E-state index contributed by atoms with van der Waals surface area (Å²) in [6, 6.07) is 13.8. The highest BCUT2D eigenvalue weighted by Crippen LogP contribution is 2.40. The number of rotatable bonds is 4. The Morgan fingerprint density at radius 3 is 2.54 bits per heavy atom. The fourth-order valence-electron chi connectivity index (χ4n) is 4.12. The third-order valence-electron chi connectivity index (χ3n) is 5.71. The van der Waals surface area contributed by atoms with Crippen LogP contribution in [0.2, 0.25) is 0 Å². The molecule has 1 N–H and O–H groups in total. The molecule has 1 aromatic carbocycles. The van der Waals surface area contributed by atoms with Crippen LogP contribution in [0.5, 0.6) is 0 Å². The number of carbonyl (C=O) groups excluding carboxylic acids is 1.